The zero-order chi connectivity index (χ0) is 15.5. The van der Waals surface area contributed by atoms with Gasteiger partial charge in [0, 0.05) is 19.4 Å². The van der Waals surface area contributed by atoms with Crippen LogP contribution < -0.4 is 15.4 Å². The molecule has 1 unspecified atom stereocenters. The number of methoxy groups -OCH3 is 1. The van der Waals surface area contributed by atoms with Gasteiger partial charge in [-0.3, -0.25) is 4.79 Å². The Labute approximate surface area is 127 Å². The van der Waals surface area contributed by atoms with Crippen molar-refractivity contribution in [3.05, 3.63) is 24.3 Å². The van der Waals surface area contributed by atoms with Gasteiger partial charge in [-0.05, 0) is 50.6 Å². The van der Waals surface area contributed by atoms with Crippen LogP contribution in [0.3, 0.4) is 0 Å². The Hall–Kier alpha value is -1.59. The average molecular weight is 294 g/mol. The van der Waals surface area contributed by atoms with Gasteiger partial charge in [-0.25, -0.2) is 0 Å². The lowest BCUT2D eigenvalue weighted by Gasteiger charge is -2.13. The molecule has 118 valence electrons. The molecule has 1 aromatic carbocycles. The largest absolute Gasteiger partial charge is 0.491 e. The molecule has 0 saturated carbocycles. The molecule has 0 heterocycles. The van der Waals surface area contributed by atoms with Crippen LogP contribution in [-0.4, -0.2) is 38.8 Å². The van der Waals surface area contributed by atoms with E-state index in [2.05, 4.69) is 17.6 Å². The molecule has 0 fully saturated rings. The fourth-order valence-electron chi connectivity index (χ4n) is 1.68. The van der Waals surface area contributed by atoms with E-state index in [4.69, 9.17) is 9.47 Å². The minimum Gasteiger partial charge on any atom is -0.491 e. The van der Waals surface area contributed by atoms with Gasteiger partial charge in [0.2, 0.25) is 5.91 Å². The van der Waals surface area contributed by atoms with Gasteiger partial charge < -0.3 is 20.1 Å². The molecule has 0 aromatic heterocycles. The molecule has 1 aromatic rings. The second kappa shape index (κ2) is 10.2. The first-order valence-corrected chi connectivity index (χ1v) is 7.42. The lowest BCUT2D eigenvalue weighted by atomic mass is 10.2. The van der Waals surface area contributed by atoms with Gasteiger partial charge in [-0.15, -0.1) is 0 Å². The minimum atomic E-state index is -0.0528. The van der Waals surface area contributed by atoms with Crippen LogP contribution >= 0.6 is 0 Å². The molecule has 0 radical (unpaired) electrons. The van der Waals surface area contributed by atoms with Crippen LogP contribution in [0.2, 0.25) is 0 Å². The maximum atomic E-state index is 11.7. The Kier molecular flexibility index (Phi) is 8.47. The van der Waals surface area contributed by atoms with Crippen LogP contribution in [0.15, 0.2) is 24.3 Å². The highest BCUT2D eigenvalue weighted by Crippen LogP contribution is 2.17. The molecule has 0 bridgehead atoms. The van der Waals surface area contributed by atoms with Crippen LogP contribution in [0, 0.1) is 0 Å². The molecular weight excluding hydrogens is 268 g/mol. The highest BCUT2D eigenvalue weighted by molar-refractivity contribution is 5.92. The van der Waals surface area contributed by atoms with Crippen molar-refractivity contribution in [1.82, 2.24) is 5.32 Å². The molecular formula is C16H26N2O3. The second-order valence-electron chi connectivity index (χ2n) is 4.93. The quantitative estimate of drug-likeness (QED) is 0.651. The Morgan fingerprint density at radius 1 is 1.29 bits per heavy atom. The fourth-order valence-corrected chi connectivity index (χ4v) is 1.68. The number of hydrogen-bond acceptors (Lipinski definition) is 4. The summed E-state index contributed by atoms with van der Waals surface area (Å²) in [5, 5.41) is 5.91. The van der Waals surface area contributed by atoms with Crippen molar-refractivity contribution in [3.63, 3.8) is 0 Å². The van der Waals surface area contributed by atoms with Crippen molar-refractivity contribution in [1.29, 1.82) is 0 Å². The molecule has 21 heavy (non-hydrogen) atoms. The maximum absolute atomic E-state index is 11.7. The van der Waals surface area contributed by atoms with Crippen molar-refractivity contribution >= 4 is 11.6 Å². The number of anilines is 1. The molecule has 5 nitrogen and oxygen atoms in total. The normalized spacial score (nSPS) is 12.0. The van der Waals surface area contributed by atoms with Gasteiger partial charge in [0.1, 0.15) is 5.75 Å². The standard InChI is InChI=1S/C16H26N2O3/c1-4-13(2)21-15-8-6-14(7-9-15)18-16(19)12-17-10-5-11-20-3/h6-9,13,17H,4-5,10-12H2,1-3H3,(H,18,19). The first kappa shape index (κ1) is 17.5. The topological polar surface area (TPSA) is 59.6 Å². The number of nitrogens with one attached hydrogen (secondary N) is 2. The fraction of sp³-hybridized carbons (Fsp3) is 0.562. The van der Waals surface area contributed by atoms with E-state index >= 15 is 0 Å². The van der Waals surface area contributed by atoms with E-state index in [1.807, 2.05) is 31.2 Å². The predicted molar refractivity (Wildman–Crippen MR) is 84.8 cm³/mol. The van der Waals surface area contributed by atoms with E-state index < -0.39 is 0 Å². The third-order valence-corrected chi connectivity index (χ3v) is 3.04. The zero-order valence-corrected chi connectivity index (χ0v) is 13.1. The van der Waals surface area contributed by atoms with Gasteiger partial charge in [0.05, 0.1) is 12.6 Å². The number of carbonyl (C=O) groups excluding carboxylic acids is 1. The highest BCUT2D eigenvalue weighted by Gasteiger charge is 2.03. The summed E-state index contributed by atoms with van der Waals surface area (Å²) in [4.78, 5) is 11.7. The SMILES string of the molecule is CCC(C)Oc1ccc(NC(=O)CNCCCOC)cc1. The molecule has 0 aliphatic carbocycles. The van der Waals surface area contributed by atoms with E-state index in [-0.39, 0.29) is 12.0 Å². The van der Waals surface area contributed by atoms with Crippen molar-refractivity contribution in [2.24, 2.45) is 0 Å². The highest BCUT2D eigenvalue weighted by atomic mass is 16.5. The first-order valence-electron chi connectivity index (χ1n) is 7.42. The third-order valence-electron chi connectivity index (χ3n) is 3.04. The summed E-state index contributed by atoms with van der Waals surface area (Å²) in [6.45, 7) is 5.88. The molecule has 5 heteroatoms. The predicted octanol–water partition coefficient (Wildman–Crippen LogP) is 2.43. The van der Waals surface area contributed by atoms with E-state index in [0.717, 1.165) is 30.8 Å². The molecule has 1 amide bonds. The third kappa shape index (κ3) is 7.68. The van der Waals surface area contributed by atoms with Gasteiger partial charge in [-0.2, -0.15) is 0 Å². The van der Waals surface area contributed by atoms with Crippen LogP contribution in [0.1, 0.15) is 26.7 Å². The zero-order valence-electron chi connectivity index (χ0n) is 13.1. The van der Waals surface area contributed by atoms with Crippen molar-refractivity contribution in [2.45, 2.75) is 32.8 Å². The van der Waals surface area contributed by atoms with Crippen molar-refractivity contribution in [2.75, 3.05) is 32.1 Å². The Morgan fingerprint density at radius 2 is 2.00 bits per heavy atom. The van der Waals surface area contributed by atoms with E-state index in [1.54, 1.807) is 7.11 Å². The molecule has 1 atom stereocenters. The van der Waals surface area contributed by atoms with Crippen molar-refractivity contribution < 1.29 is 14.3 Å². The van der Waals surface area contributed by atoms with E-state index in [0.29, 0.717) is 13.2 Å². The summed E-state index contributed by atoms with van der Waals surface area (Å²) >= 11 is 0. The summed E-state index contributed by atoms with van der Waals surface area (Å²) in [6.07, 6.45) is 2.06. The molecule has 0 spiro atoms. The number of rotatable bonds is 10. The van der Waals surface area contributed by atoms with Gasteiger partial charge >= 0.3 is 0 Å². The summed E-state index contributed by atoms with van der Waals surface area (Å²) in [6, 6.07) is 7.43. The number of carbonyl (C=O) groups is 1. The first-order chi connectivity index (χ1) is 10.2. The summed E-state index contributed by atoms with van der Waals surface area (Å²) in [7, 11) is 1.67. The maximum Gasteiger partial charge on any atom is 0.238 e. The Morgan fingerprint density at radius 3 is 2.62 bits per heavy atom. The van der Waals surface area contributed by atoms with Gasteiger partial charge in [0.25, 0.3) is 0 Å². The summed E-state index contributed by atoms with van der Waals surface area (Å²) < 4.78 is 10.6. The molecule has 0 saturated heterocycles. The smallest absolute Gasteiger partial charge is 0.238 e. The number of hydrogen-bond donors (Lipinski definition) is 2. The van der Waals surface area contributed by atoms with E-state index in [9.17, 15) is 4.79 Å². The second-order valence-corrected chi connectivity index (χ2v) is 4.93. The Balaban J connectivity index is 2.29. The summed E-state index contributed by atoms with van der Waals surface area (Å²) in [5.41, 5.74) is 0.773. The van der Waals surface area contributed by atoms with Gasteiger partial charge in [0.15, 0.2) is 0 Å². The van der Waals surface area contributed by atoms with Crippen LogP contribution in [-0.2, 0) is 9.53 Å². The minimum absolute atomic E-state index is 0.0528. The van der Waals surface area contributed by atoms with Crippen molar-refractivity contribution in [3.8, 4) is 5.75 Å². The number of benzene rings is 1. The van der Waals surface area contributed by atoms with Crippen LogP contribution in [0.25, 0.3) is 0 Å². The molecule has 1 rings (SSSR count). The lowest BCUT2D eigenvalue weighted by Crippen LogP contribution is -2.29. The van der Waals surface area contributed by atoms with Crippen LogP contribution in [0.4, 0.5) is 5.69 Å². The van der Waals surface area contributed by atoms with E-state index in [1.165, 1.54) is 0 Å². The summed E-state index contributed by atoms with van der Waals surface area (Å²) in [5.74, 6) is 0.767. The molecule has 0 aliphatic heterocycles. The number of amides is 1. The Bertz CT molecular complexity index is 406. The van der Waals surface area contributed by atoms with Crippen LogP contribution in [0.5, 0.6) is 5.75 Å². The molecule has 2 N–H and O–H groups in total. The average Bonchev–Trinajstić information content (AvgIpc) is 2.49. The monoisotopic (exact) mass is 294 g/mol. The number of ether oxygens (including phenoxy) is 2. The van der Waals surface area contributed by atoms with Gasteiger partial charge in [-0.1, -0.05) is 6.92 Å². The lowest BCUT2D eigenvalue weighted by molar-refractivity contribution is -0.115. The molecule has 0 aliphatic rings.